The van der Waals surface area contributed by atoms with Crippen LogP contribution in [0.15, 0.2) is 0 Å². The largest absolute Gasteiger partial charge is 0.373 e. The van der Waals surface area contributed by atoms with Gasteiger partial charge in [0, 0.05) is 13.7 Å². The summed E-state index contributed by atoms with van der Waals surface area (Å²) in [7, 11) is 2.40. The number of carbonyl (C=O) groups excluding carboxylic acids is 1. The molecule has 1 saturated heterocycles. The summed E-state index contributed by atoms with van der Waals surface area (Å²) in [4.78, 5) is 10.6. The Morgan fingerprint density at radius 1 is 2.00 bits per heavy atom. The van der Waals surface area contributed by atoms with Gasteiger partial charge in [-0.2, -0.15) is 0 Å². The second-order valence-electron chi connectivity index (χ2n) is 1.94. The predicted molar refractivity (Wildman–Crippen MR) is 32.4 cm³/mol. The molecule has 0 aromatic heterocycles. The van der Waals surface area contributed by atoms with E-state index >= 15 is 0 Å². The monoisotopic (exact) mass is 131 g/mol. The van der Waals surface area contributed by atoms with Crippen LogP contribution in [-0.4, -0.2) is 40.6 Å². The van der Waals surface area contributed by atoms with E-state index in [4.69, 9.17) is 4.74 Å². The van der Waals surface area contributed by atoms with Crippen molar-refractivity contribution in [1.82, 2.24) is 4.57 Å². The molecule has 1 amide bonds. The molecule has 0 N–H and O–H groups in total. The van der Waals surface area contributed by atoms with Crippen LogP contribution in [0.1, 0.15) is 0 Å². The van der Waals surface area contributed by atoms with Gasteiger partial charge in [-0.05, 0) is 0 Å². The third-order valence-corrected chi connectivity index (χ3v) is 2.18. The van der Waals surface area contributed by atoms with Crippen molar-refractivity contribution in [2.75, 3.05) is 13.7 Å². The minimum absolute atomic E-state index is 0.118. The molecule has 0 bridgehead atoms. The van der Waals surface area contributed by atoms with Gasteiger partial charge in [0.05, 0.1) is 0 Å². The fourth-order valence-electron chi connectivity index (χ4n) is 0.726. The lowest BCUT2D eigenvalue weighted by atomic mass is 10.2. The molecule has 1 heterocycles. The van der Waals surface area contributed by atoms with Gasteiger partial charge >= 0.3 is 0 Å². The van der Waals surface area contributed by atoms with E-state index in [-0.39, 0.29) is 12.0 Å². The van der Waals surface area contributed by atoms with Crippen LogP contribution in [0.4, 0.5) is 0 Å². The van der Waals surface area contributed by atoms with Gasteiger partial charge in [0.1, 0.15) is 10.4 Å². The molecular weight excluding hydrogens is 122 g/mol. The first-order valence-corrected chi connectivity index (χ1v) is 3.43. The number of β-lactam (4-membered cyclic amide) rings is 1. The Labute approximate surface area is 51.1 Å². The summed E-state index contributed by atoms with van der Waals surface area (Å²) in [6.45, 7) is 0.807. The van der Waals surface area contributed by atoms with E-state index in [0.29, 0.717) is 0 Å². The predicted octanol–water partition coefficient (Wildman–Crippen LogP) is -1.88. The molecule has 1 rings (SSSR count). The molecule has 46 valence electrons. The maximum absolute atomic E-state index is 10.6. The molecule has 1 unspecified atom stereocenters. The molecule has 0 saturated carbocycles. The Bertz CT molecular complexity index is 117. The number of hydrogen-bond donors (Lipinski definition) is 0. The van der Waals surface area contributed by atoms with E-state index in [2.05, 4.69) is 0 Å². The number of methoxy groups -OCH3 is 1. The molecule has 0 radical (unpaired) electrons. The van der Waals surface area contributed by atoms with Crippen LogP contribution in [-0.2, 0) is 9.53 Å². The van der Waals surface area contributed by atoms with Crippen molar-refractivity contribution in [2.24, 2.45) is 0 Å². The summed E-state index contributed by atoms with van der Waals surface area (Å²) in [5.74, 6) is 0.152. The fraction of sp³-hybridized carbons (Fsp3) is 0.750. The topological polar surface area (TPSA) is 29.5 Å². The van der Waals surface area contributed by atoms with E-state index in [1.165, 1.54) is 0 Å². The first-order chi connectivity index (χ1) is 3.75. The standard InChI is InChI=1S/C4H9NO2Si/c1-7-3-2-5(8)4(3)6/h3H,2H2,1,8H3. The van der Waals surface area contributed by atoms with Crippen LogP contribution in [0.25, 0.3) is 0 Å². The normalized spacial score (nSPS) is 28.4. The Morgan fingerprint density at radius 2 is 2.62 bits per heavy atom. The summed E-state index contributed by atoms with van der Waals surface area (Å²) in [6.07, 6.45) is -0.118. The van der Waals surface area contributed by atoms with Crippen LogP contribution >= 0.6 is 0 Å². The van der Waals surface area contributed by atoms with Crippen molar-refractivity contribution in [2.45, 2.75) is 6.10 Å². The summed E-state index contributed by atoms with van der Waals surface area (Å²) in [6, 6.07) is 0. The zero-order valence-electron chi connectivity index (χ0n) is 5.05. The molecule has 1 aliphatic rings. The first-order valence-electron chi connectivity index (χ1n) is 2.53. The van der Waals surface area contributed by atoms with Crippen LogP contribution < -0.4 is 0 Å². The highest BCUT2D eigenvalue weighted by atomic mass is 28.2. The van der Waals surface area contributed by atoms with E-state index in [1.807, 2.05) is 0 Å². The fourth-order valence-corrected chi connectivity index (χ4v) is 1.35. The van der Waals surface area contributed by atoms with Crippen LogP contribution in [0.3, 0.4) is 0 Å². The lowest BCUT2D eigenvalue weighted by Crippen LogP contribution is -2.55. The highest BCUT2D eigenvalue weighted by Crippen LogP contribution is 2.07. The van der Waals surface area contributed by atoms with Gasteiger partial charge < -0.3 is 9.30 Å². The van der Waals surface area contributed by atoms with E-state index in [0.717, 1.165) is 16.9 Å². The quantitative estimate of drug-likeness (QED) is 0.308. The Morgan fingerprint density at radius 3 is 2.75 bits per heavy atom. The Hall–Kier alpha value is -0.353. The molecule has 1 atom stereocenters. The first kappa shape index (κ1) is 5.78. The van der Waals surface area contributed by atoms with Crippen LogP contribution in [0.5, 0.6) is 0 Å². The Balaban J connectivity index is 2.36. The molecule has 1 fully saturated rings. The van der Waals surface area contributed by atoms with Gasteiger partial charge in [-0.15, -0.1) is 0 Å². The maximum atomic E-state index is 10.6. The molecule has 0 spiro atoms. The lowest BCUT2D eigenvalue weighted by molar-refractivity contribution is -0.150. The second-order valence-corrected chi connectivity index (χ2v) is 3.02. The summed E-state index contributed by atoms with van der Waals surface area (Å²) >= 11 is 0. The molecular formula is C4H9NO2Si. The van der Waals surface area contributed by atoms with Crippen LogP contribution in [0.2, 0.25) is 0 Å². The Kier molecular flexibility index (Phi) is 1.35. The smallest absolute Gasteiger partial charge is 0.245 e. The van der Waals surface area contributed by atoms with Crippen molar-refractivity contribution >= 4 is 16.3 Å². The maximum Gasteiger partial charge on any atom is 0.245 e. The average molecular weight is 131 g/mol. The molecule has 1 aliphatic heterocycles. The van der Waals surface area contributed by atoms with Crippen molar-refractivity contribution < 1.29 is 9.53 Å². The van der Waals surface area contributed by atoms with Crippen molar-refractivity contribution in [1.29, 1.82) is 0 Å². The summed E-state index contributed by atoms with van der Waals surface area (Å²) in [5, 5.41) is 0. The van der Waals surface area contributed by atoms with Gasteiger partial charge in [-0.1, -0.05) is 0 Å². The highest BCUT2D eigenvalue weighted by Gasteiger charge is 2.32. The molecule has 0 aliphatic carbocycles. The van der Waals surface area contributed by atoms with Gasteiger partial charge in [-0.25, -0.2) is 0 Å². The second kappa shape index (κ2) is 1.87. The van der Waals surface area contributed by atoms with Gasteiger partial charge in [0.2, 0.25) is 5.91 Å². The third kappa shape index (κ3) is 0.655. The van der Waals surface area contributed by atoms with Gasteiger partial charge in [0.15, 0.2) is 6.10 Å². The number of ether oxygens (including phenoxy) is 1. The summed E-state index contributed by atoms with van der Waals surface area (Å²) < 4.78 is 6.57. The zero-order valence-corrected chi connectivity index (χ0v) is 7.05. The van der Waals surface area contributed by atoms with E-state index in [1.54, 1.807) is 11.7 Å². The van der Waals surface area contributed by atoms with Gasteiger partial charge in [-0.3, -0.25) is 4.79 Å². The van der Waals surface area contributed by atoms with Crippen molar-refractivity contribution in [3.8, 4) is 0 Å². The summed E-state index contributed by atoms with van der Waals surface area (Å²) in [5.41, 5.74) is 0. The number of rotatable bonds is 1. The van der Waals surface area contributed by atoms with Crippen LogP contribution in [0, 0.1) is 0 Å². The van der Waals surface area contributed by atoms with E-state index in [9.17, 15) is 4.79 Å². The number of carbonyl (C=O) groups is 1. The van der Waals surface area contributed by atoms with E-state index < -0.39 is 0 Å². The van der Waals surface area contributed by atoms with Crippen molar-refractivity contribution in [3.63, 3.8) is 0 Å². The minimum atomic E-state index is -0.118. The molecule has 3 nitrogen and oxygen atoms in total. The minimum Gasteiger partial charge on any atom is -0.373 e. The molecule has 0 aromatic carbocycles. The third-order valence-electron chi connectivity index (χ3n) is 1.38. The zero-order chi connectivity index (χ0) is 6.15. The average Bonchev–Trinajstić information content (AvgIpc) is 1.81. The lowest BCUT2D eigenvalue weighted by Gasteiger charge is -2.34. The number of hydrogen-bond acceptors (Lipinski definition) is 2. The van der Waals surface area contributed by atoms with Gasteiger partial charge in [0.25, 0.3) is 0 Å². The molecule has 4 heteroatoms. The SMILES string of the molecule is COC1CN([SiH3])C1=O. The number of amides is 1. The number of nitrogens with zero attached hydrogens (tertiary/aromatic N) is 1. The molecule has 0 aromatic rings. The molecule has 8 heavy (non-hydrogen) atoms. The highest BCUT2D eigenvalue weighted by molar-refractivity contribution is 6.17. The van der Waals surface area contributed by atoms with Crippen molar-refractivity contribution in [3.05, 3.63) is 0 Å².